The molecule has 0 bridgehead atoms. The summed E-state index contributed by atoms with van der Waals surface area (Å²) in [6.45, 7) is 5.36. The van der Waals surface area contributed by atoms with Gasteiger partial charge in [-0.05, 0) is 29.8 Å². The van der Waals surface area contributed by atoms with E-state index in [4.69, 9.17) is 0 Å². The summed E-state index contributed by atoms with van der Waals surface area (Å²) in [6, 6.07) is 15.5. The third kappa shape index (κ3) is 2.02. The van der Waals surface area contributed by atoms with Gasteiger partial charge in [-0.3, -0.25) is 0 Å². The maximum atomic E-state index is 3.45. The van der Waals surface area contributed by atoms with E-state index >= 15 is 0 Å². The van der Waals surface area contributed by atoms with Gasteiger partial charge in [-0.15, -0.1) is 0 Å². The Morgan fingerprint density at radius 1 is 1.07 bits per heavy atom. The predicted octanol–water partition coefficient (Wildman–Crippen LogP) is 3.51. The highest BCUT2D eigenvalue weighted by molar-refractivity contribution is 5.86. The van der Waals surface area contributed by atoms with Crippen LogP contribution in [0, 0.1) is 0 Å². The largest absolute Gasteiger partial charge is 0.310 e. The van der Waals surface area contributed by atoms with Crippen LogP contribution in [0.15, 0.2) is 42.5 Å². The van der Waals surface area contributed by atoms with Gasteiger partial charge in [-0.1, -0.05) is 49.4 Å². The zero-order valence-electron chi connectivity index (χ0n) is 9.33. The second kappa shape index (κ2) is 4.45. The molecule has 0 aliphatic carbocycles. The summed E-state index contributed by atoms with van der Waals surface area (Å²) in [5.41, 5.74) is 1.38. The fourth-order valence-electron chi connectivity index (χ4n) is 2.04. The van der Waals surface area contributed by atoms with Crippen LogP contribution in [-0.4, -0.2) is 6.54 Å². The first kappa shape index (κ1) is 10.2. The van der Waals surface area contributed by atoms with Gasteiger partial charge >= 0.3 is 0 Å². The minimum absolute atomic E-state index is 0.418. The summed E-state index contributed by atoms with van der Waals surface area (Å²) < 4.78 is 0. The molecule has 2 aromatic rings. The molecule has 0 amide bonds. The maximum Gasteiger partial charge on any atom is 0.0297 e. The van der Waals surface area contributed by atoms with Crippen LogP contribution in [0.2, 0.25) is 0 Å². The molecule has 1 nitrogen and oxygen atoms in total. The molecule has 2 aromatic carbocycles. The van der Waals surface area contributed by atoms with Crippen molar-refractivity contribution in [2.45, 2.75) is 19.9 Å². The first-order valence-electron chi connectivity index (χ1n) is 5.54. The molecule has 0 spiro atoms. The molecule has 0 heterocycles. The van der Waals surface area contributed by atoms with Crippen molar-refractivity contribution in [3.63, 3.8) is 0 Å². The lowest BCUT2D eigenvalue weighted by molar-refractivity contribution is 0.602. The highest BCUT2D eigenvalue weighted by atomic mass is 14.9. The van der Waals surface area contributed by atoms with Gasteiger partial charge in [-0.25, -0.2) is 0 Å². The smallest absolute Gasteiger partial charge is 0.0297 e. The first-order chi connectivity index (χ1) is 7.33. The van der Waals surface area contributed by atoms with Gasteiger partial charge in [0.15, 0.2) is 0 Å². The lowest BCUT2D eigenvalue weighted by atomic mass is 10.00. The number of nitrogens with one attached hydrogen (secondary N) is 1. The van der Waals surface area contributed by atoms with E-state index in [1.165, 1.54) is 16.3 Å². The Kier molecular flexibility index (Phi) is 3.02. The standard InChI is InChI=1S/C14H17N/c1-3-15-11(2)13-10-6-8-12-7-4-5-9-14(12)13/h4-11,15H,3H2,1-2H3/t11-/m1/s1. The number of hydrogen-bond donors (Lipinski definition) is 1. The molecule has 78 valence electrons. The normalized spacial score (nSPS) is 12.9. The Morgan fingerprint density at radius 3 is 2.60 bits per heavy atom. The topological polar surface area (TPSA) is 12.0 Å². The molecule has 1 atom stereocenters. The van der Waals surface area contributed by atoms with Gasteiger partial charge in [0.1, 0.15) is 0 Å². The van der Waals surface area contributed by atoms with E-state index in [9.17, 15) is 0 Å². The number of benzene rings is 2. The third-order valence-electron chi connectivity index (χ3n) is 2.80. The van der Waals surface area contributed by atoms with E-state index in [0.717, 1.165) is 6.54 Å². The Bertz CT molecular complexity index is 443. The Labute approximate surface area is 91.1 Å². The van der Waals surface area contributed by atoms with Gasteiger partial charge in [0.25, 0.3) is 0 Å². The predicted molar refractivity (Wildman–Crippen MR) is 66.0 cm³/mol. The molecule has 1 N–H and O–H groups in total. The zero-order valence-corrected chi connectivity index (χ0v) is 9.33. The summed E-state index contributed by atoms with van der Waals surface area (Å²) in [7, 11) is 0. The lowest BCUT2D eigenvalue weighted by Crippen LogP contribution is -2.17. The second-order valence-electron chi connectivity index (χ2n) is 3.85. The van der Waals surface area contributed by atoms with Gasteiger partial charge in [0.05, 0.1) is 0 Å². The van der Waals surface area contributed by atoms with Gasteiger partial charge in [0, 0.05) is 6.04 Å². The van der Waals surface area contributed by atoms with Crippen molar-refractivity contribution in [2.75, 3.05) is 6.54 Å². The Morgan fingerprint density at radius 2 is 1.80 bits per heavy atom. The van der Waals surface area contributed by atoms with Crippen molar-refractivity contribution in [1.82, 2.24) is 5.32 Å². The van der Waals surface area contributed by atoms with E-state index in [-0.39, 0.29) is 0 Å². The monoisotopic (exact) mass is 199 g/mol. The van der Waals surface area contributed by atoms with Crippen LogP contribution < -0.4 is 5.32 Å². The molecule has 0 aliphatic heterocycles. The summed E-state index contributed by atoms with van der Waals surface area (Å²) >= 11 is 0. The molecule has 2 rings (SSSR count). The van der Waals surface area contributed by atoms with Crippen LogP contribution in [0.5, 0.6) is 0 Å². The van der Waals surface area contributed by atoms with Gasteiger partial charge in [-0.2, -0.15) is 0 Å². The SMILES string of the molecule is CCN[C@H](C)c1cccc2ccccc12. The molecular formula is C14H17N. The average Bonchev–Trinajstić information content (AvgIpc) is 2.28. The van der Waals surface area contributed by atoms with Crippen LogP contribution in [0.25, 0.3) is 10.8 Å². The molecule has 0 aliphatic rings. The summed E-state index contributed by atoms with van der Waals surface area (Å²) in [5, 5.41) is 6.13. The zero-order chi connectivity index (χ0) is 10.7. The van der Waals surface area contributed by atoms with Crippen molar-refractivity contribution in [3.05, 3.63) is 48.0 Å². The molecule has 0 unspecified atom stereocenters. The molecule has 0 fully saturated rings. The van der Waals surface area contributed by atoms with Crippen molar-refractivity contribution in [1.29, 1.82) is 0 Å². The molecule has 1 heteroatoms. The fourth-order valence-corrected chi connectivity index (χ4v) is 2.04. The van der Waals surface area contributed by atoms with Gasteiger partial charge in [0.2, 0.25) is 0 Å². The second-order valence-corrected chi connectivity index (χ2v) is 3.85. The van der Waals surface area contributed by atoms with Crippen LogP contribution in [0.3, 0.4) is 0 Å². The molecule has 0 radical (unpaired) electrons. The minimum atomic E-state index is 0.418. The first-order valence-corrected chi connectivity index (χ1v) is 5.54. The molecule has 15 heavy (non-hydrogen) atoms. The number of rotatable bonds is 3. The minimum Gasteiger partial charge on any atom is -0.310 e. The van der Waals surface area contributed by atoms with Crippen molar-refractivity contribution < 1.29 is 0 Å². The summed E-state index contributed by atoms with van der Waals surface area (Å²) in [4.78, 5) is 0. The molecule has 0 aromatic heterocycles. The Balaban J connectivity index is 2.50. The van der Waals surface area contributed by atoms with Crippen LogP contribution in [0.4, 0.5) is 0 Å². The van der Waals surface area contributed by atoms with Gasteiger partial charge < -0.3 is 5.32 Å². The van der Waals surface area contributed by atoms with E-state index < -0.39 is 0 Å². The van der Waals surface area contributed by atoms with Crippen molar-refractivity contribution in [2.24, 2.45) is 0 Å². The molecular weight excluding hydrogens is 182 g/mol. The highest BCUT2D eigenvalue weighted by Crippen LogP contribution is 2.23. The maximum absolute atomic E-state index is 3.45. The van der Waals surface area contributed by atoms with E-state index in [1.807, 2.05) is 0 Å². The quantitative estimate of drug-likeness (QED) is 0.797. The van der Waals surface area contributed by atoms with E-state index in [2.05, 4.69) is 61.6 Å². The number of hydrogen-bond acceptors (Lipinski definition) is 1. The van der Waals surface area contributed by atoms with Crippen LogP contribution in [-0.2, 0) is 0 Å². The summed E-state index contributed by atoms with van der Waals surface area (Å²) in [5.74, 6) is 0. The molecule has 0 saturated heterocycles. The lowest BCUT2D eigenvalue weighted by Gasteiger charge is -2.15. The van der Waals surface area contributed by atoms with Crippen molar-refractivity contribution in [3.8, 4) is 0 Å². The van der Waals surface area contributed by atoms with E-state index in [1.54, 1.807) is 0 Å². The summed E-state index contributed by atoms with van der Waals surface area (Å²) in [6.07, 6.45) is 0. The Hall–Kier alpha value is -1.34. The highest BCUT2D eigenvalue weighted by Gasteiger charge is 2.06. The van der Waals surface area contributed by atoms with E-state index in [0.29, 0.717) is 6.04 Å². The average molecular weight is 199 g/mol. The van der Waals surface area contributed by atoms with Crippen molar-refractivity contribution >= 4 is 10.8 Å². The molecule has 0 saturated carbocycles. The third-order valence-corrected chi connectivity index (χ3v) is 2.80. The van der Waals surface area contributed by atoms with Crippen LogP contribution >= 0.6 is 0 Å². The van der Waals surface area contributed by atoms with Crippen LogP contribution in [0.1, 0.15) is 25.5 Å². The fraction of sp³-hybridized carbons (Fsp3) is 0.286. The number of fused-ring (bicyclic) bond motifs is 1.